The molecule has 0 bridgehead atoms. The number of benzene rings is 1. The minimum atomic E-state index is -1.20. The highest BCUT2D eigenvalue weighted by Crippen LogP contribution is 2.26. The molecule has 0 aliphatic rings. The first-order chi connectivity index (χ1) is 10.8. The van der Waals surface area contributed by atoms with E-state index in [1.54, 1.807) is 0 Å². The number of hydrogen-bond donors (Lipinski definition) is 2. The smallest absolute Gasteiger partial charge is 0.310 e. The first-order valence-electron chi connectivity index (χ1n) is 7.58. The van der Waals surface area contributed by atoms with Crippen LogP contribution in [-0.2, 0) is 4.79 Å². The third-order valence-corrected chi connectivity index (χ3v) is 3.17. The van der Waals surface area contributed by atoms with E-state index in [-0.39, 0.29) is 22.0 Å². The standard InChI is InChI=1S/C13H11F2NO3.2C2H6/c1-5-9(6(2)13(18)19)12(17)16-8-4-3-7(14)11(15)10(5)8;2*1-2/h3-4,6H,1-2H3,(H,16,17)(H,18,19);2*1-2H3. The zero-order chi connectivity index (χ0) is 18.3. The highest BCUT2D eigenvalue weighted by molar-refractivity contribution is 5.86. The summed E-state index contributed by atoms with van der Waals surface area (Å²) in [5.41, 5.74) is -0.385. The van der Waals surface area contributed by atoms with Gasteiger partial charge in [-0.1, -0.05) is 27.7 Å². The van der Waals surface area contributed by atoms with E-state index < -0.39 is 29.1 Å². The van der Waals surface area contributed by atoms with Gasteiger partial charge in [-0.25, -0.2) is 8.78 Å². The van der Waals surface area contributed by atoms with Crippen LogP contribution in [-0.4, -0.2) is 16.1 Å². The molecule has 0 fully saturated rings. The Labute approximate surface area is 134 Å². The lowest BCUT2D eigenvalue weighted by Gasteiger charge is -2.12. The fourth-order valence-electron chi connectivity index (χ4n) is 2.16. The first kappa shape index (κ1) is 20.8. The third kappa shape index (κ3) is 4.15. The molecule has 6 heteroatoms. The second kappa shape index (κ2) is 9.02. The number of carboxylic acids is 1. The fraction of sp³-hybridized carbons (Fsp3) is 0.412. The van der Waals surface area contributed by atoms with Crippen LogP contribution >= 0.6 is 0 Å². The average molecular weight is 327 g/mol. The quantitative estimate of drug-likeness (QED) is 0.861. The summed E-state index contributed by atoms with van der Waals surface area (Å²) in [6.07, 6.45) is 0. The number of aromatic amines is 1. The summed E-state index contributed by atoms with van der Waals surface area (Å²) in [5.74, 6) is -4.44. The number of hydrogen-bond acceptors (Lipinski definition) is 2. The molecule has 1 aromatic carbocycles. The molecule has 0 spiro atoms. The number of H-pyrrole nitrogens is 1. The maximum atomic E-state index is 13.8. The highest BCUT2D eigenvalue weighted by Gasteiger charge is 2.23. The molecular weight excluding hydrogens is 304 g/mol. The van der Waals surface area contributed by atoms with E-state index in [0.717, 1.165) is 6.07 Å². The Morgan fingerprint density at radius 1 is 1.17 bits per heavy atom. The molecule has 1 heterocycles. The molecule has 0 saturated carbocycles. The minimum absolute atomic E-state index is 0.0653. The largest absolute Gasteiger partial charge is 0.481 e. The molecule has 0 aliphatic heterocycles. The maximum absolute atomic E-state index is 13.8. The number of aryl methyl sites for hydroxylation is 1. The van der Waals surface area contributed by atoms with Crippen molar-refractivity contribution >= 4 is 16.9 Å². The van der Waals surface area contributed by atoms with Crippen LogP contribution < -0.4 is 5.56 Å². The Bertz CT molecular complexity index is 739. The summed E-state index contributed by atoms with van der Waals surface area (Å²) < 4.78 is 27.0. The molecule has 1 aromatic heterocycles. The van der Waals surface area contributed by atoms with E-state index >= 15 is 0 Å². The van der Waals surface area contributed by atoms with E-state index in [0.29, 0.717) is 0 Å². The van der Waals surface area contributed by atoms with Gasteiger partial charge in [-0.2, -0.15) is 0 Å². The van der Waals surface area contributed by atoms with E-state index in [1.165, 1.54) is 19.9 Å². The Morgan fingerprint density at radius 2 is 1.70 bits per heavy atom. The summed E-state index contributed by atoms with van der Waals surface area (Å²) in [7, 11) is 0. The number of aromatic nitrogens is 1. The normalized spacial score (nSPS) is 11.0. The van der Waals surface area contributed by atoms with Gasteiger partial charge in [0.25, 0.3) is 5.56 Å². The summed E-state index contributed by atoms with van der Waals surface area (Å²) in [6.45, 7) is 10.7. The number of carboxylic acid groups (broad SMARTS) is 1. The van der Waals surface area contributed by atoms with Crippen molar-refractivity contribution < 1.29 is 18.7 Å². The Balaban J connectivity index is 0.00000112. The van der Waals surface area contributed by atoms with E-state index in [1.807, 2.05) is 27.7 Å². The van der Waals surface area contributed by atoms with Crippen LogP contribution in [0.1, 0.15) is 51.7 Å². The van der Waals surface area contributed by atoms with Crippen molar-refractivity contribution in [2.75, 3.05) is 0 Å². The predicted octanol–water partition coefficient (Wildman–Crippen LogP) is 4.36. The predicted molar refractivity (Wildman–Crippen MR) is 88.0 cm³/mol. The lowest BCUT2D eigenvalue weighted by Crippen LogP contribution is -2.22. The molecule has 0 amide bonds. The molecule has 0 saturated heterocycles. The lowest BCUT2D eigenvalue weighted by molar-refractivity contribution is -0.138. The van der Waals surface area contributed by atoms with Gasteiger partial charge in [0, 0.05) is 10.9 Å². The van der Waals surface area contributed by atoms with Crippen molar-refractivity contribution in [3.8, 4) is 0 Å². The van der Waals surface area contributed by atoms with Crippen LogP contribution in [0.15, 0.2) is 16.9 Å². The van der Waals surface area contributed by atoms with Gasteiger partial charge in [-0.3, -0.25) is 9.59 Å². The van der Waals surface area contributed by atoms with Crippen LogP contribution in [0, 0.1) is 18.6 Å². The summed E-state index contributed by atoms with van der Waals surface area (Å²) in [5, 5.41) is 8.86. The molecule has 128 valence electrons. The topological polar surface area (TPSA) is 70.2 Å². The van der Waals surface area contributed by atoms with Crippen molar-refractivity contribution in [2.24, 2.45) is 0 Å². The van der Waals surface area contributed by atoms with Gasteiger partial charge in [-0.05, 0) is 31.5 Å². The summed E-state index contributed by atoms with van der Waals surface area (Å²) in [6, 6.07) is 2.16. The van der Waals surface area contributed by atoms with Crippen LogP contribution in [0.3, 0.4) is 0 Å². The summed E-state index contributed by atoms with van der Waals surface area (Å²) >= 11 is 0. The second-order valence-electron chi connectivity index (χ2n) is 4.34. The van der Waals surface area contributed by atoms with Crippen LogP contribution in [0.2, 0.25) is 0 Å². The minimum Gasteiger partial charge on any atom is -0.481 e. The number of aliphatic carboxylic acids is 1. The molecule has 23 heavy (non-hydrogen) atoms. The molecule has 2 rings (SSSR count). The zero-order valence-electron chi connectivity index (χ0n) is 14.3. The van der Waals surface area contributed by atoms with Crippen molar-refractivity contribution in [1.82, 2.24) is 4.98 Å². The van der Waals surface area contributed by atoms with Crippen molar-refractivity contribution in [2.45, 2.75) is 47.5 Å². The molecule has 1 atom stereocenters. The third-order valence-electron chi connectivity index (χ3n) is 3.17. The number of pyridine rings is 1. The van der Waals surface area contributed by atoms with Gasteiger partial charge < -0.3 is 10.1 Å². The zero-order valence-corrected chi connectivity index (χ0v) is 14.3. The van der Waals surface area contributed by atoms with Gasteiger partial charge in [-0.15, -0.1) is 0 Å². The molecule has 1 unspecified atom stereocenters. The Kier molecular flexibility index (Phi) is 8.15. The maximum Gasteiger partial charge on any atom is 0.310 e. The van der Waals surface area contributed by atoms with Crippen LogP contribution in [0.5, 0.6) is 0 Å². The average Bonchev–Trinajstić information content (AvgIpc) is 2.54. The number of carbonyl (C=O) groups is 1. The number of fused-ring (bicyclic) bond motifs is 1. The van der Waals surface area contributed by atoms with Crippen LogP contribution in [0.25, 0.3) is 10.9 Å². The Hall–Kier alpha value is -2.24. The molecule has 0 aliphatic carbocycles. The molecule has 4 nitrogen and oxygen atoms in total. The lowest BCUT2D eigenvalue weighted by atomic mass is 9.95. The van der Waals surface area contributed by atoms with E-state index in [4.69, 9.17) is 5.11 Å². The highest BCUT2D eigenvalue weighted by atomic mass is 19.2. The SMILES string of the molecule is CC.CC.Cc1c(C(C)C(=O)O)c(=O)[nH]c2ccc(F)c(F)c12. The van der Waals surface area contributed by atoms with Gasteiger partial charge >= 0.3 is 5.97 Å². The first-order valence-corrected chi connectivity index (χ1v) is 7.58. The molecule has 2 aromatic rings. The van der Waals surface area contributed by atoms with Crippen molar-refractivity contribution in [1.29, 1.82) is 0 Å². The fourth-order valence-corrected chi connectivity index (χ4v) is 2.16. The van der Waals surface area contributed by atoms with Gasteiger partial charge in [0.05, 0.1) is 11.4 Å². The van der Waals surface area contributed by atoms with Gasteiger partial charge in [0.15, 0.2) is 11.6 Å². The van der Waals surface area contributed by atoms with E-state index in [2.05, 4.69) is 4.98 Å². The van der Waals surface area contributed by atoms with Crippen LogP contribution in [0.4, 0.5) is 8.78 Å². The molecule has 0 radical (unpaired) electrons. The van der Waals surface area contributed by atoms with Crippen molar-refractivity contribution in [3.05, 3.63) is 45.2 Å². The van der Waals surface area contributed by atoms with Crippen molar-refractivity contribution in [3.63, 3.8) is 0 Å². The monoisotopic (exact) mass is 327 g/mol. The molecule has 2 N–H and O–H groups in total. The Morgan fingerprint density at radius 3 is 2.17 bits per heavy atom. The molecular formula is C17H23F2NO3. The number of nitrogens with one attached hydrogen (secondary N) is 1. The van der Waals surface area contributed by atoms with E-state index in [9.17, 15) is 18.4 Å². The number of halogens is 2. The summed E-state index contributed by atoms with van der Waals surface area (Å²) in [4.78, 5) is 25.2. The van der Waals surface area contributed by atoms with Gasteiger partial charge in [0.2, 0.25) is 0 Å². The number of rotatable bonds is 2. The van der Waals surface area contributed by atoms with Gasteiger partial charge in [0.1, 0.15) is 0 Å². The second-order valence-corrected chi connectivity index (χ2v) is 4.34.